The number of nitrogens with two attached hydrogens (primary N) is 1. The van der Waals surface area contributed by atoms with Gasteiger partial charge in [0.1, 0.15) is 0 Å². The van der Waals surface area contributed by atoms with Crippen molar-refractivity contribution >= 4 is 9.84 Å². The minimum atomic E-state index is -2.88. The Morgan fingerprint density at radius 1 is 1.44 bits per heavy atom. The highest BCUT2D eigenvalue weighted by atomic mass is 32.2. The lowest BCUT2D eigenvalue weighted by Gasteiger charge is -2.45. The number of hydrogen-bond acceptors (Lipinski definition) is 4. The lowest BCUT2D eigenvalue weighted by Crippen LogP contribution is -2.60. The van der Waals surface area contributed by atoms with Crippen LogP contribution >= 0.6 is 0 Å². The highest BCUT2D eigenvalue weighted by molar-refractivity contribution is 7.91. The first-order valence-corrected chi connectivity index (χ1v) is 8.02. The highest BCUT2D eigenvalue weighted by Gasteiger charge is 2.46. The summed E-state index contributed by atoms with van der Waals surface area (Å²) in [6.45, 7) is 3.49. The summed E-state index contributed by atoms with van der Waals surface area (Å²) in [5, 5.41) is 0. The maximum absolute atomic E-state index is 11.8. The maximum Gasteiger partial charge on any atom is 0.152 e. The molecule has 1 unspecified atom stereocenters. The summed E-state index contributed by atoms with van der Waals surface area (Å²) < 4.78 is 23.6. The van der Waals surface area contributed by atoms with Crippen LogP contribution in [0.1, 0.15) is 32.6 Å². The molecule has 2 aliphatic rings. The van der Waals surface area contributed by atoms with E-state index in [0.717, 1.165) is 19.4 Å². The molecule has 0 aromatic carbocycles. The minimum Gasteiger partial charge on any atom is -0.329 e. The molecule has 0 aromatic heterocycles. The fourth-order valence-corrected chi connectivity index (χ4v) is 5.02. The molecule has 0 spiro atoms. The third-order valence-corrected chi connectivity index (χ3v) is 5.79. The molecule has 1 aliphatic heterocycles. The van der Waals surface area contributed by atoms with E-state index in [1.54, 1.807) is 0 Å². The van der Waals surface area contributed by atoms with Crippen LogP contribution in [0.2, 0.25) is 0 Å². The first kappa shape index (κ1) is 12.3. The Morgan fingerprint density at radius 3 is 2.56 bits per heavy atom. The van der Waals surface area contributed by atoms with Crippen molar-refractivity contribution < 1.29 is 8.42 Å². The van der Waals surface area contributed by atoms with Crippen molar-refractivity contribution in [1.82, 2.24) is 4.90 Å². The Labute approximate surface area is 98.1 Å². The predicted molar refractivity (Wildman–Crippen MR) is 65.1 cm³/mol. The molecule has 1 aliphatic carbocycles. The lowest BCUT2D eigenvalue weighted by molar-refractivity contribution is 0.0972. The summed E-state index contributed by atoms with van der Waals surface area (Å²) in [5.74, 6) is 0.609. The molecule has 2 rings (SSSR count). The van der Waals surface area contributed by atoms with Crippen LogP contribution in [0.4, 0.5) is 0 Å². The van der Waals surface area contributed by atoms with Crippen LogP contribution in [0.25, 0.3) is 0 Å². The van der Waals surface area contributed by atoms with Crippen molar-refractivity contribution in [2.45, 2.75) is 44.2 Å². The van der Waals surface area contributed by atoms with Gasteiger partial charge in [-0.15, -0.1) is 0 Å². The van der Waals surface area contributed by atoms with Gasteiger partial charge in [-0.1, -0.05) is 6.92 Å². The Bertz CT molecular complexity index is 351. The van der Waals surface area contributed by atoms with Crippen LogP contribution in [0.15, 0.2) is 0 Å². The molecule has 2 fully saturated rings. The van der Waals surface area contributed by atoms with Crippen LogP contribution in [0, 0.1) is 0 Å². The second-order valence-corrected chi connectivity index (χ2v) is 7.33. The highest BCUT2D eigenvalue weighted by Crippen LogP contribution is 2.37. The molecule has 1 heterocycles. The molecule has 5 heteroatoms. The van der Waals surface area contributed by atoms with Gasteiger partial charge in [-0.25, -0.2) is 8.42 Å². The Hall–Kier alpha value is -0.130. The molecule has 4 nitrogen and oxygen atoms in total. The average molecular weight is 246 g/mol. The van der Waals surface area contributed by atoms with E-state index in [2.05, 4.69) is 11.8 Å². The number of rotatable bonds is 4. The molecule has 94 valence electrons. The van der Waals surface area contributed by atoms with Crippen molar-refractivity contribution in [2.24, 2.45) is 5.73 Å². The van der Waals surface area contributed by atoms with E-state index < -0.39 is 9.84 Å². The summed E-state index contributed by atoms with van der Waals surface area (Å²) in [7, 11) is -2.88. The molecule has 1 saturated heterocycles. The van der Waals surface area contributed by atoms with Gasteiger partial charge in [0.15, 0.2) is 9.84 Å². The van der Waals surface area contributed by atoms with Gasteiger partial charge in [0.05, 0.1) is 11.5 Å². The number of sulfone groups is 1. The van der Waals surface area contributed by atoms with Gasteiger partial charge in [0.25, 0.3) is 0 Å². The minimum absolute atomic E-state index is 0.265. The van der Waals surface area contributed by atoms with Crippen molar-refractivity contribution in [3.8, 4) is 0 Å². The van der Waals surface area contributed by atoms with Gasteiger partial charge in [-0.2, -0.15) is 0 Å². The molecule has 0 aromatic rings. The number of likely N-dealkylation sites (N-methyl/N-ethyl adjacent to an activating group) is 1. The quantitative estimate of drug-likeness (QED) is 0.779. The molecule has 16 heavy (non-hydrogen) atoms. The average Bonchev–Trinajstić information content (AvgIpc) is 3.01. The zero-order valence-corrected chi connectivity index (χ0v) is 10.8. The van der Waals surface area contributed by atoms with Crippen molar-refractivity contribution in [2.75, 3.05) is 24.6 Å². The van der Waals surface area contributed by atoms with Gasteiger partial charge in [-0.3, -0.25) is 4.90 Å². The SMILES string of the molecule is CCN(C1CC1)C1(CN)CCCS(=O)(=O)C1. The van der Waals surface area contributed by atoms with E-state index in [1.165, 1.54) is 12.8 Å². The summed E-state index contributed by atoms with van der Waals surface area (Å²) in [6.07, 6.45) is 4.11. The molecule has 0 bridgehead atoms. The Morgan fingerprint density at radius 2 is 2.12 bits per heavy atom. The summed E-state index contributed by atoms with van der Waals surface area (Å²) in [6, 6.07) is 0.585. The third kappa shape index (κ3) is 2.26. The predicted octanol–water partition coefficient (Wildman–Crippen LogP) is 0.377. The lowest BCUT2D eigenvalue weighted by atomic mass is 9.92. The van der Waals surface area contributed by atoms with Crippen LogP contribution < -0.4 is 5.73 Å². The summed E-state index contributed by atoms with van der Waals surface area (Å²) in [4.78, 5) is 2.35. The van der Waals surface area contributed by atoms with Crippen molar-refractivity contribution in [1.29, 1.82) is 0 Å². The first-order chi connectivity index (χ1) is 7.53. The topological polar surface area (TPSA) is 63.4 Å². The maximum atomic E-state index is 11.8. The molecule has 1 atom stereocenters. The first-order valence-electron chi connectivity index (χ1n) is 6.20. The molecule has 0 radical (unpaired) electrons. The van der Waals surface area contributed by atoms with E-state index in [0.29, 0.717) is 18.3 Å². The van der Waals surface area contributed by atoms with E-state index in [9.17, 15) is 8.42 Å². The summed E-state index contributed by atoms with van der Waals surface area (Å²) in [5.41, 5.74) is 5.62. The van der Waals surface area contributed by atoms with Gasteiger partial charge < -0.3 is 5.73 Å². The van der Waals surface area contributed by atoms with Crippen LogP contribution in [-0.2, 0) is 9.84 Å². The molecular formula is C11H22N2O2S. The number of hydrogen-bond donors (Lipinski definition) is 1. The smallest absolute Gasteiger partial charge is 0.152 e. The van der Waals surface area contributed by atoms with E-state index in [1.807, 2.05) is 0 Å². The largest absolute Gasteiger partial charge is 0.329 e. The van der Waals surface area contributed by atoms with E-state index in [-0.39, 0.29) is 11.3 Å². The Balaban J connectivity index is 2.22. The zero-order valence-electron chi connectivity index (χ0n) is 9.98. The molecular weight excluding hydrogens is 224 g/mol. The fourth-order valence-electron chi connectivity index (χ4n) is 3.05. The van der Waals surface area contributed by atoms with E-state index >= 15 is 0 Å². The van der Waals surface area contributed by atoms with Gasteiger partial charge in [-0.05, 0) is 32.2 Å². The summed E-state index contributed by atoms with van der Waals surface area (Å²) >= 11 is 0. The molecule has 1 saturated carbocycles. The van der Waals surface area contributed by atoms with Crippen molar-refractivity contribution in [3.05, 3.63) is 0 Å². The van der Waals surface area contributed by atoms with Gasteiger partial charge in [0.2, 0.25) is 0 Å². The van der Waals surface area contributed by atoms with E-state index in [4.69, 9.17) is 5.73 Å². The second kappa shape index (κ2) is 4.27. The van der Waals surface area contributed by atoms with Gasteiger partial charge >= 0.3 is 0 Å². The fraction of sp³-hybridized carbons (Fsp3) is 1.00. The Kier molecular flexibility index (Phi) is 3.29. The second-order valence-electron chi connectivity index (χ2n) is 5.14. The normalized spacial score (nSPS) is 34.2. The van der Waals surface area contributed by atoms with Crippen molar-refractivity contribution in [3.63, 3.8) is 0 Å². The third-order valence-electron chi connectivity index (χ3n) is 3.90. The molecule has 0 amide bonds. The standard InChI is InChI=1S/C11H22N2O2S/c1-2-13(10-4-5-10)11(8-12)6-3-7-16(14,15)9-11/h10H,2-9,12H2,1H3. The van der Waals surface area contributed by atoms with Crippen LogP contribution in [0.5, 0.6) is 0 Å². The zero-order chi connectivity index (χ0) is 11.8. The number of nitrogens with zero attached hydrogens (tertiary/aromatic N) is 1. The van der Waals surface area contributed by atoms with Gasteiger partial charge in [0, 0.05) is 18.1 Å². The van der Waals surface area contributed by atoms with Crippen LogP contribution in [-0.4, -0.2) is 49.5 Å². The monoisotopic (exact) mass is 246 g/mol. The molecule has 2 N–H and O–H groups in total. The van der Waals surface area contributed by atoms with Crippen LogP contribution in [0.3, 0.4) is 0 Å².